The molecular weight excluding hydrogens is 354 g/mol. The molecule has 1 aliphatic heterocycles. The largest absolute Gasteiger partial charge is 0.379 e. The Morgan fingerprint density at radius 2 is 1.83 bits per heavy atom. The van der Waals surface area contributed by atoms with Crippen LogP contribution < -0.4 is 0 Å². The van der Waals surface area contributed by atoms with Gasteiger partial charge in [0.2, 0.25) is 0 Å². The summed E-state index contributed by atoms with van der Waals surface area (Å²) in [6.07, 6.45) is 15.0. The molecule has 3 rings (SSSR count). The molecule has 0 amide bonds. The van der Waals surface area contributed by atoms with E-state index in [2.05, 4.69) is 87.2 Å². The van der Waals surface area contributed by atoms with Crippen LogP contribution in [0.15, 0.2) is 65.3 Å². The topological polar surface area (TPSA) is 12.5 Å². The van der Waals surface area contributed by atoms with Crippen LogP contribution in [0.3, 0.4) is 0 Å². The van der Waals surface area contributed by atoms with Crippen LogP contribution in [0.5, 0.6) is 0 Å². The lowest BCUT2D eigenvalue weighted by Crippen LogP contribution is -2.35. The van der Waals surface area contributed by atoms with Crippen molar-refractivity contribution in [2.75, 3.05) is 26.3 Å². The highest BCUT2D eigenvalue weighted by Crippen LogP contribution is 2.40. The van der Waals surface area contributed by atoms with E-state index in [-0.39, 0.29) is 0 Å². The van der Waals surface area contributed by atoms with E-state index in [1.807, 2.05) is 0 Å². The fourth-order valence-corrected chi connectivity index (χ4v) is 4.34. The van der Waals surface area contributed by atoms with E-state index in [0.29, 0.717) is 5.41 Å². The van der Waals surface area contributed by atoms with E-state index in [1.54, 1.807) is 5.57 Å². The monoisotopic (exact) mass is 391 g/mol. The summed E-state index contributed by atoms with van der Waals surface area (Å²) in [4.78, 5) is 2.46. The van der Waals surface area contributed by atoms with E-state index in [9.17, 15) is 0 Å². The number of ether oxygens (including phenoxy) is 1. The minimum atomic E-state index is 0.303. The van der Waals surface area contributed by atoms with Crippen molar-refractivity contribution in [2.45, 2.75) is 53.5 Å². The molecule has 0 bridgehead atoms. The molecule has 0 unspecified atom stereocenters. The van der Waals surface area contributed by atoms with E-state index in [1.165, 1.54) is 41.5 Å². The van der Waals surface area contributed by atoms with E-state index >= 15 is 0 Å². The third-order valence-electron chi connectivity index (χ3n) is 6.19. The number of nitrogens with zero attached hydrogens (tertiary/aromatic N) is 1. The molecule has 0 atom stereocenters. The highest BCUT2D eigenvalue weighted by Gasteiger charge is 2.26. The van der Waals surface area contributed by atoms with Crippen LogP contribution in [-0.4, -0.2) is 31.2 Å². The minimum absolute atomic E-state index is 0.303. The number of morpholine rings is 1. The van der Waals surface area contributed by atoms with Gasteiger partial charge in [0, 0.05) is 19.6 Å². The van der Waals surface area contributed by atoms with Gasteiger partial charge in [0.15, 0.2) is 0 Å². The molecule has 29 heavy (non-hydrogen) atoms. The second-order valence-electron chi connectivity index (χ2n) is 9.16. The Morgan fingerprint density at radius 3 is 2.52 bits per heavy atom. The summed E-state index contributed by atoms with van der Waals surface area (Å²) in [6.45, 7) is 14.0. The van der Waals surface area contributed by atoms with Crippen molar-refractivity contribution in [1.29, 1.82) is 0 Å². The first-order chi connectivity index (χ1) is 13.9. The lowest BCUT2D eigenvalue weighted by molar-refractivity contribution is 0.0342. The van der Waals surface area contributed by atoms with E-state index in [4.69, 9.17) is 4.74 Å². The first-order valence-corrected chi connectivity index (χ1v) is 11.1. The lowest BCUT2D eigenvalue weighted by atomic mass is 9.72. The SMILES string of the molecule is CC1=C(/C=C/C(C)=C/C=C/c2ccc(CN3CCOCC3)cc2)C(C)(C)CCC1. The Morgan fingerprint density at radius 1 is 1.10 bits per heavy atom. The van der Waals surface area contributed by atoms with Crippen LogP contribution in [0.2, 0.25) is 0 Å². The summed E-state index contributed by atoms with van der Waals surface area (Å²) in [6, 6.07) is 8.91. The highest BCUT2D eigenvalue weighted by atomic mass is 16.5. The van der Waals surface area contributed by atoms with Crippen LogP contribution >= 0.6 is 0 Å². The van der Waals surface area contributed by atoms with Crippen molar-refractivity contribution < 1.29 is 4.74 Å². The Bertz CT molecular complexity index is 786. The molecule has 1 aromatic carbocycles. The molecule has 0 radical (unpaired) electrons. The predicted octanol–water partition coefficient (Wildman–Crippen LogP) is 6.56. The van der Waals surface area contributed by atoms with Crippen LogP contribution in [0.1, 0.15) is 58.1 Å². The molecular formula is C27H37NO. The quantitative estimate of drug-likeness (QED) is 0.509. The van der Waals surface area contributed by atoms with Crippen molar-refractivity contribution in [1.82, 2.24) is 4.90 Å². The summed E-state index contributed by atoms with van der Waals surface area (Å²) >= 11 is 0. The summed E-state index contributed by atoms with van der Waals surface area (Å²) in [5.41, 5.74) is 7.28. The molecule has 1 heterocycles. The van der Waals surface area contributed by atoms with Gasteiger partial charge >= 0.3 is 0 Å². The van der Waals surface area contributed by atoms with Gasteiger partial charge in [-0.15, -0.1) is 0 Å². The molecule has 0 N–H and O–H groups in total. The fraction of sp³-hybridized carbons (Fsp3) is 0.481. The maximum atomic E-state index is 5.42. The zero-order valence-corrected chi connectivity index (χ0v) is 18.7. The van der Waals surface area contributed by atoms with Gasteiger partial charge in [-0.05, 0) is 55.2 Å². The molecule has 0 spiro atoms. The smallest absolute Gasteiger partial charge is 0.0594 e. The standard InChI is InChI=1S/C27H37NO/c1-22(10-15-26-23(2)8-6-16-27(26,3)4)7-5-9-24-11-13-25(14-12-24)21-28-17-19-29-20-18-28/h5,7,9-15H,6,8,16-21H2,1-4H3/b9-5+,15-10+,22-7+. The number of allylic oxidation sites excluding steroid dienone is 7. The molecule has 156 valence electrons. The second kappa shape index (κ2) is 10.2. The Kier molecular flexibility index (Phi) is 7.69. The van der Waals surface area contributed by atoms with Crippen LogP contribution in [0.4, 0.5) is 0 Å². The average molecular weight is 392 g/mol. The second-order valence-corrected chi connectivity index (χ2v) is 9.16. The molecule has 2 heteroatoms. The Hall–Kier alpha value is -1.90. The van der Waals surface area contributed by atoms with Gasteiger partial charge in [-0.1, -0.05) is 79.6 Å². The highest BCUT2D eigenvalue weighted by molar-refractivity contribution is 5.52. The van der Waals surface area contributed by atoms with Crippen molar-refractivity contribution in [2.24, 2.45) is 5.41 Å². The van der Waals surface area contributed by atoms with Gasteiger partial charge in [0.25, 0.3) is 0 Å². The van der Waals surface area contributed by atoms with Crippen molar-refractivity contribution >= 4 is 6.08 Å². The van der Waals surface area contributed by atoms with Gasteiger partial charge in [-0.25, -0.2) is 0 Å². The van der Waals surface area contributed by atoms with Gasteiger partial charge in [0.1, 0.15) is 0 Å². The van der Waals surface area contributed by atoms with Gasteiger partial charge in [-0.3, -0.25) is 4.90 Å². The van der Waals surface area contributed by atoms with Gasteiger partial charge < -0.3 is 4.74 Å². The maximum absolute atomic E-state index is 5.42. The fourth-order valence-electron chi connectivity index (χ4n) is 4.34. The molecule has 2 nitrogen and oxygen atoms in total. The zero-order valence-electron chi connectivity index (χ0n) is 18.7. The minimum Gasteiger partial charge on any atom is -0.379 e. The van der Waals surface area contributed by atoms with Crippen LogP contribution in [-0.2, 0) is 11.3 Å². The molecule has 0 aromatic heterocycles. The van der Waals surface area contributed by atoms with Crippen LogP contribution in [0.25, 0.3) is 6.08 Å². The predicted molar refractivity (Wildman–Crippen MR) is 125 cm³/mol. The van der Waals surface area contributed by atoms with Gasteiger partial charge in [-0.2, -0.15) is 0 Å². The zero-order chi connectivity index (χ0) is 20.7. The molecule has 1 fully saturated rings. The van der Waals surface area contributed by atoms with Crippen molar-refractivity contribution in [3.63, 3.8) is 0 Å². The lowest BCUT2D eigenvalue weighted by Gasteiger charge is -2.32. The Labute approximate surface area is 177 Å². The van der Waals surface area contributed by atoms with Crippen molar-refractivity contribution in [3.8, 4) is 0 Å². The number of rotatable bonds is 6. The third-order valence-corrected chi connectivity index (χ3v) is 6.19. The summed E-state index contributed by atoms with van der Waals surface area (Å²) in [5.74, 6) is 0. The van der Waals surface area contributed by atoms with E-state index < -0.39 is 0 Å². The first-order valence-electron chi connectivity index (χ1n) is 11.1. The molecule has 1 saturated heterocycles. The maximum Gasteiger partial charge on any atom is 0.0594 e. The number of benzene rings is 1. The molecule has 0 saturated carbocycles. The van der Waals surface area contributed by atoms with E-state index in [0.717, 1.165) is 32.8 Å². The number of hydrogen-bond donors (Lipinski definition) is 0. The van der Waals surface area contributed by atoms with Crippen molar-refractivity contribution in [3.05, 3.63) is 76.4 Å². The molecule has 1 aliphatic carbocycles. The van der Waals surface area contributed by atoms with Gasteiger partial charge in [0.05, 0.1) is 13.2 Å². The first kappa shape index (κ1) is 21.8. The van der Waals surface area contributed by atoms with Crippen LogP contribution in [0, 0.1) is 5.41 Å². The Balaban J connectivity index is 1.56. The number of hydrogen-bond acceptors (Lipinski definition) is 2. The third kappa shape index (κ3) is 6.55. The average Bonchev–Trinajstić information content (AvgIpc) is 2.69. The summed E-state index contributed by atoms with van der Waals surface area (Å²) in [7, 11) is 0. The summed E-state index contributed by atoms with van der Waals surface area (Å²) in [5, 5.41) is 0. The summed E-state index contributed by atoms with van der Waals surface area (Å²) < 4.78 is 5.42. The molecule has 1 aromatic rings. The molecule has 2 aliphatic rings. The normalized spacial score (nSPS) is 21.4.